The fourth-order valence-electron chi connectivity index (χ4n) is 3.08. The summed E-state index contributed by atoms with van der Waals surface area (Å²) in [6.45, 7) is 0. The Balaban J connectivity index is 2.21. The molecule has 1 aliphatic carbocycles. The smallest absolute Gasteiger partial charge is 0.271 e. The number of alkyl halides is 3. The number of hydrazine groups is 1. The van der Waals surface area contributed by atoms with Gasteiger partial charge in [-0.05, 0) is 18.4 Å². The van der Waals surface area contributed by atoms with E-state index >= 15 is 0 Å². The monoisotopic (exact) mass is 304 g/mol. The number of nitrogens with one attached hydrogen (secondary N) is 1. The summed E-state index contributed by atoms with van der Waals surface area (Å²) in [5.74, 6) is 4.62. The van der Waals surface area contributed by atoms with Gasteiger partial charge in [0, 0.05) is 11.6 Å². The van der Waals surface area contributed by atoms with Crippen LogP contribution in [0.3, 0.4) is 0 Å². The maximum atomic E-state index is 14.1. The molecule has 2 rings (SSSR count). The van der Waals surface area contributed by atoms with Crippen LogP contribution in [0.25, 0.3) is 0 Å². The van der Waals surface area contributed by atoms with E-state index in [1.807, 2.05) is 0 Å². The van der Waals surface area contributed by atoms with Crippen LogP contribution in [0.5, 0.6) is 0 Å². The zero-order valence-electron chi connectivity index (χ0n) is 11.7. The highest BCUT2D eigenvalue weighted by Crippen LogP contribution is 2.36. The Labute approximate surface area is 121 Å². The Kier molecular flexibility index (Phi) is 5.22. The Morgan fingerprint density at radius 3 is 2.43 bits per heavy atom. The molecule has 0 radical (unpaired) electrons. The molecular formula is C15H20F4N2. The van der Waals surface area contributed by atoms with Gasteiger partial charge in [-0.3, -0.25) is 11.3 Å². The first kappa shape index (κ1) is 16.2. The van der Waals surface area contributed by atoms with E-state index in [0.29, 0.717) is 12.3 Å². The molecule has 0 aromatic heterocycles. The molecule has 0 aliphatic heterocycles. The van der Waals surface area contributed by atoms with Crippen LogP contribution in [0.15, 0.2) is 18.2 Å². The van der Waals surface area contributed by atoms with Gasteiger partial charge in [-0.15, -0.1) is 0 Å². The van der Waals surface area contributed by atoms with Crippen LogP contribution in [-0.2, 0) is 6.18 Å². The molecule has 0 heterocycles. The van der Waals surface area contributed by atoms with E-state index < -0.39 is 23.6 Å². The van der Waals surface area contributed by atoms with Crippen molar-refractivity contribution in [1.82, 2.24) is 5.43 Å². The average molecular weight is 304 g/mol. The van der Waals surface area contributed by atoms with Gasteiger partial charge in [-0.1, -0.05) is 44.2 Å². The average Bonchev–Trinajstić information content (AvgIpc) is 2.45. The second-order valence-corrected chi connectivity index (χ2v) is 5.67. The van der Waals surface area contributed by atoms with Gasteiger partial charge in [-0.25, -0.2) is 4.39 Å². The highest BCUT2D eigenvalue weighted by molar-refractivity contribution is 5.30. The van der Waals surface area contributed by atoms with Crippen LogP contribution in [0, 0.1) is 11.7 Å². The summed E-state index contributed by atoms with van der Waals surface area (Å²) >= 11 is 0. The van der Waals surface area contributed by atoms with Gasteiger partial charge in [0.1, 0.15) is 5.82 Å². The zero-order valence-corrected chi connectivity index (χ0v) is 11.7. The minimum atomic E-state index is -4.69. The lowest BCUT2D eigenvalue weighted by molar-refractivity contribution is -0.140. The lowest BCUT2D eigenvalue weighted by Crippen LogP contribution is -2.31. The van der Waals surface area contributed by atoms with Crippen LogP contribution in [0.1, 0.15) is 55.7 Å². The van der Waals surface area contributed by atoms with Crippen molar-refractivity contribution in [2.45, 2.75) is 50.7 Å². The van der Waals surface area contributed by atoms with Crippen molar-refractivity contribution in [3.8, 4) is 0 Å². The largest absolute Gasteiger partial charge is 0.419 e. The van der Waals surface area contributed by atoms with Crippen molar-refractivity contribution >= 4 is 0 Å². The Hall–Kier alpha value is -1.14. The number of nitrogens with two attached hydrogens (primary N) is 1. The standard InChI is InChI=1S/C15H20F4N2/c16-14-11(7-4-8-12(14)15(17,18)19)13(21-20)9-10-5-2-1-3-6-10/h4,7-8,10,13,21H,1-3,5-6,9,20H2. The second-order valence-electron chi connectivity index (χ2n) is 5.67. The van der Waals surface area contributed by atoms with Gasteiger partial charge in [0.05, 0.1) is 5.56 Å². The number of halogens is 4. The molecule has 21 heavy (non-hydrogen) atoms. The quantitative estimate of drug-likeness (QED) is 0.494. The summed E-state index contributed by atoms with van der Waals surface area (Å²) in [7, 11) is 0. The van der Waals surface area contributed by atoms with E-state index in [0.717, 1.165) is 31.7 Å². The van der Waals surface area contributed by atoms with E-state index in [4.69, 9.17) is 5.84 Å². The summed E-state index contributed by atoms with van der Waals surface area (Å²) in [6, 6.07) is 2.77. The molecule has 1 fully saturated rings. The summed E-state index contributed by atoms with van der Waals surface area (Å²) in [5, 5.41) is 0. The van der Waals surface area contributed by atoms with E-state index in [9.17, 15) is 17.6 Å². The molecule has 3 N–H and O–H groups in total. The van der Waals surface area contributed by atoms with Crippen LogP contribution >= 0.6 is 0 Å². The van der Waals surface area contributed by atoms with Gasteiger partial charge >= 0.3 is 6.18 Å². The molecule has 1 saturated carbocycles. The minimum Gasteiger partial charge on any atom is -0.271 e. The summed E-state index contributed by atoms with van der Waals surface area (Å²) in [5.41, 5.74) is 1.24. The maximum absolute atomic E-state index is 14.1. The molecule has 0 spiro atoms. The highest BCUT2D eigenvalue weighted by atomic mass is 19.4. The van der Waals surface area contributed by atoms with E-state index in [2.05, 4.69) is 5.43 Å². The fraction of sp³-hybridized carbons (Fsp3) is 0.600. The number of hydrogen-bond acceptors (Lipinski definition) is 2. The summed E-state index contributed by atoms with van der Waals surface area (Å²) < 4.78 is 52.4. The number of hydrogen-bond donors (Lipinski definition) is 2. The Morgan fingerprint density at radius 2 is 1.86 bits per heavy atom. The molecule has 1 aromatic carbocycles. The SMILES string of the molecule is NNC(CC1CCCCC1)c1cccc(C(F)(F)F)c1F. The van der Waals surface area contributed by atoms with E-state index in [1.165, 1.54) is 18.6 Å². The molecule has 6 heteroatoms. The molecule has 0 amide bonds. The first-order valence-corrected chi connectivity index (χ1v) is 7.25. The normalized spacial score (nSPS) is 18.7. The topological polar surface area (TPSA) is 38.0 Å². The van der Waals surface area contributed by atoms with Crippen molar-refractivity contribution in [2.24, 2.45) is 11.8 Å². The van der Waals surface area contributed by atoms with Crippen molar-refractivity contribution < 1.29 is 17.6 Å². The van der Waals surface area contributed by atoms with Crippen molar-refractivity contribution in [3.63, 3.8) is 0 Å². The summed E-state index contributed by atoms with van der Waals surface area (Å²) in [4.78, 5) is 0. The van der Waals surface area contributed by atoms with Gasteiger partial charge < -0.3 is 0 Å². The maximum Gasteiger partial charge on any atom is 0.419 e. The molecule has 1 aliphatic rings. The predicted octanol–water partition coefficient (Wildman–Crippen LogP) is 4.32. The third kappa shape index (κ3) is 3.95. The van der Waals surface area contributed by atoms with Crippen molar-refractivity contribution in [1.29, 1.82) is 0 Å². The third-order valence-electron chi connectivity index (χ3n) is 4.20. The second kappa shape index (κ2) is 6.75. The molecule has 1 unspecified atom stereocenters. The highest BCUT2D eigenvalue weighted by Gasteiger charge is 2.36. The third-order valence-corrected chi connectivity index (χ3v) is 4.20. The van der Waals surface area contributed by atoms with Gasteiger partial charge in [0.2, 0.25) is 0 Å². The predicted molar refractivity (Wildman–Crippen MR) is 72.7 cm³/mol. The number of benzene rings is 1. The molecule has 2 nitrogen and oxygen atoms in total. The fourth-order valence-corrected chi connectivity index (χ4v) is 3.08. The van der Waals surface area contributed by atoms with Crippen LogP contribution in [0.4, 0.5) is 17.6 Å². The molecule has 118 valence electrons. The lowest BCUT2D eigenvalue weighted by Gasteiger charge is -2.27. The molecule has 1 atom stereocenters. The molecular weight excluding hydrogens is 284 g/mol. The van der Waals surface area contributed by atoms with E-state index in [1.54, 1.807) is 0 Å². The van der Waals surface area contributed by atoms with Crippen LogP contribution in [-0.4, -0.2) is 0 Å². The summed E-state index contributed by atoms with van der Waals surface area (Å²) in [6.07, 6.45) is 1.35. The first-order valence-electron chi connectivity index (χ1n) is 7.25. The van der Waals surface area contributed by atoms with Crippen molar-refractivity contribution in [3.05, 3.63) is 35.1 Å². The number of rotatable bonds is 4. The van der Waals surface area contributed by atoms with Gasteiger partial charge in [0.25, 0.3) is 0 Å². The van der Waals surface area contributed by atoms with Crippen LogP contribution in [0.2, 0.25) is 0 Å². The lowest BCUT2D eigenvalue weighted by atomic mass is 9.83. The molecule has 0 bridgehead atoms. The molecule has 1 aromatic rings. The van der Waals surface area contributed by atoms with Gasteiger partial charge in [0.15, 0.2) is 0 Å². The first-order chi connectivity index (χ1) is 9.93. The zero-order chi connectivity index (χ0) is 15.5. The van der Waals surface area contributed by atoms with Crippen molar-refractivity contribution in [2.75, 3.05) is 0 Å². The Morgan fingerprint density at radius 1 is 1.19 bits per heavy atom. The van der Waals surface area contributed by atoms with Crippen LogP contribution < -0.4 is 11.3 Å². The van der Waals surface area contributed by atoms with E-state index in [-0.39, 0.29) is 5.56 Å². The Bertz CT molecular complexity index is 467. The van der Waals surface area contributed by atoms with Gasteiger partial charge in [-0.2, -0.15) is 13.2 Å². The molecule has 0 saturated heterocycles. The minimum absolute atomic E-state index is 0.00195.